The van der Waals surface area contributed by atoms with Crippen LogP contribution in [-0.2, 0) is 21.7 Å². The van der Waals surface area contributed by atoms with Crippen molar-refractivity contribution in [2.24, 2.45) is 0 Å². The van der Waals surface area contributed by atoms with E-state index in [-0.39, 0.29) is 28.4 Å². The Kier molecular flexibility index (Phi) is 17.9. The van der Waals surface area contributed by atoms with Crippen molar-refractivity contribution in [2.45, 2.75) is 105 Å². The fourth-order valence-corrected chi connectivity index (χ4v) is 20.2. The number of hydrogen-bond acceptors (Lipinski definition) is 3. The predicted molar refractivity (Wildman–Crippen MR) is 535 cm³/mol. The minimum absolute atomic E-state index is 0.132. The SMILES string of the molecule is CC(C)(C)c1cc(-c2ccccc2)c(N2c3cc(-n4c5ccccc5c5ccccc54)ccc3B3c4ccc(-n5c6ccccc6c6cc(N(c7ccccc7)c7ccccc7)ccc65)cc4N(c4c(-c5ccccc5)cc(C(C)(C)C)cc4-c4ccccc4)c4cc(-n5c6ccc(C(C)(C)C)cc6c6cc(C(C)(C)C)ccc65)cc2c43)c(-c2ccccc2)c1. The summed E-state index contributed by atoms with van der Waals surface area (Å²) in [5.74, 6) is 0. The van der Waals surface area contributed by atoms with Crippen LogP contribution in [0.4, 0.5) is 51.2 Å². The third-order valence-electron chi connectivity index (χ3n) is 26.6. The van der Waals surface area contributed by atoms with Gasteiger partial charge in [0.2, 0.25) is 0 Å². The topological polar surface area (TPSA) is 24.5 Å². The molecule has 0 saturated carbocycles. The van der Waals surface area contributed by atoms with Gasteiger partial charge >= 0.3 is 0 Å². The fraction of sp³-hybridized carbons (Fsp3) is 0.136. The van der Waals surface area contributed by atoms with Crippen LogP contribution in [0.5, 0.6) is 0 Å². The van der Waals surface area contributed by atoms with Gasteiger partial charge in [0.15, 0.2) is 0 Å². The molecule has 0 radical (unpaired) electrons. The molecule has 7 heteroatoms. The maximum absolute atomic E-state index is 2.76. The summed E-state index contributed by atoms with van der Waals surface area (Å²) in [5, 5.41) is 7.22. The smallest absolute Gasteiger partial charge is 0.252 e. The summed E-state index contributed by atoms with van der Waals surface area (Å²) in [6.07, 6.45) is 0. The first-order valence-corrected chi connectivity index (χ1v) is 44.2. The summed E-state index contributed by atoms with van der Waals surface area (Å²) < 4.78 is 7.69. The molecule has 22 rings (SSSR count). The number of nitrogens with zero attached hydrogens (tertiary/aromatic N) is 6. The molecule has 0 aliphatic carbocycles. The average Bonchev–Trinajstić information content (AvgIpc) is 1.47. The highest BCUT2D eigenvalue weighted by atomic mass is 15.2. The van der Waals surface area contributed by atoms with Crippen LogP contribution < -0.4 is 31.1 Å². The standard InChI is InChI=1S/C118H99BN6/c1-115(2,3)80-55-62-105-97(65-80)98-66-81(116(4,5)6)56-63-106(98)123(105)89-74-110-112-111(75-89)125(114-95(78-41-23-15-24-42-78)69-83(118(10,11)12)70-96(114)79-43-25-16-26-44-79)109-73-88(122-104-54-36-33-51-92(104)99-71-86(59-64-107(99)122)120(84-45-27-17-28-46-84)85-47-29-18-30-48-85)58-61-101(109)119(112)100-60-57-87(121-102-52-34-31-49-90(102)91-50-32-35-53-103(91)121)72-108(100)124(110)113-93(76-37-19-13-20-38-76)67-82(117(7,8)9)68-94(113)77-39-21-14-22-40-77/h13-75H,1-12H3. The molecular weight excluding hydrogens is 1510 g/mol. The highest BCUT2D eigenvalue weighted by Crippen LogP contribution is 2.57. The van der Waals surface area contributed by atoms with Gasteiger partial charge < -0.3 is 28.4 Å². The van der Waals surface area contributed by atoms with Crippen LogP contribution in [0, 0.1) is 0 Å². The molecule has 5 heterocycles. The normalized spacial score (nSPS) is 12.9. The third-order valence-corrected chi connectivity index (χ3v) is 26.6. The number of benzene rings is 17. The number of hydrogen-bond donors (Lipinski definition) is 0. The maximum atomic E-state index is 2.76. The van der Waals surface area contributed by atoms with Gasteiger partial charge in [0.1, 0.15) is 0 Å². The number of anilines is 9. The summed E-state index contributed by atoms with van der Waals surface area (Å²) in [4.78, 5) is 7.90. The Morgan fingerprint density at radius 1 is 0.216 bits per heavy atom. The van der Waals surface area contributed by atoms with Crippen LogP contribution in [0.2, 0.25) is 0 Å². The van der Waals surface area contributed by atoms with Gasteiger partial charge in [-0.05, 0) is 228 Å². The molecule has 0 amide bonds. The van der Waals surface area contributed by atoms with Gasteiger partial charge in [0.25, 0.3) is 6.71 Å². The summed E-state index contributed by atoms with van der Waals surface area (Å²) >= 11 is 0. The molecule has 0 spiro atoms. The molecular formula is C118H99BN6. The van der Waals surface area contributed by atoms with Crippen molar-refractivity contribution in [1.82, 2.24) is 13.7 Å². The van der Waals surface area contributed by atoms with E-state index in [1.807, 2.05) is 0 Å². The molecule has 20 aromatic rings. The Labute approximate surface area is 733 Å². The van der Waals surface area contributed by atoms with Gasteiger partial charge in [0.05, 0.1) is 50.2 Å². The second-order valence-corrected chi connectivity index (χ2v) is 38.5. The quantitative estimate of drug-likeness (QED) is 0.114. The summed E-state index contributed by atoms with van der Waals surface area (Å²) in [6.45, 7) is 28.0. The van der Waals surface area contributed by atoms with Gasteiger partial charge in [0, 0.05) is 106 Å². The van der Waals surface area contributed by atoms with Crippen molar-refractivity contribution in [1.29, 1.82) is 0 Å². The maximum Gasteiger partial charge on any atom is 0.252 e. The Morgan fingerprint density at radius 2 is 0.504 bits per heavy atom. The van der Waals surface area contributed by atoms with E-state index in [1.165, 1.54) is 65.6 Å². The van der Waals surface area contributed by atoms with Crippen molar-refractivity contribution < 1.29 is 0 Å². The molecule has 125 heavy (non-hydrogen) atoms. The number of para-hydroxylation sites is 5. The van der Waals surface area contributed by atoms with Crippen molar-refractivity contribution >= 4 is 140 Å². The van der Waals surface area contributed by atoms with Crippen LogP contribution in [0.3, 0.4) is 0 Å². The first-order valence-electron chi connectivity index (χ1n) is 44.2. The van der Waals surface area contributed by atoms with E-state index in [4.69, 9.17) is 0 Å². The highest BCUT2D eigenvalue weighted by Gasteiger charge is 2.47. The molecule has 2 aliphatic rings. The van der Waals surface area contributed by atoms with Crippen LogP contribution in [0.25, 0.3) is 127 Å². The Balaban J connectivity index is 0.937. The molecule has 2 aliphatic heterocycles. The lowest BCUT2D eigenvalue weighted by Crippen LogP contribution is -2.61. The second-order valence-electron chi connectivity index (χ2n) is 38.5. The molecule has 0 N–H and O–H groups in total. The Bertz CT molecular complexity index is 7380. The van der Waals surface area contributed by atoms with E-state index in [9.17, 15) is 0 Å². The van der Waals surface area contributed by atoms with E-state index in [1.54, 1.807) is 0 Å². The van der Waals surface area contributed by atoms with Gasteiger partial charge in [-0.3, -0.25) is 0 Å². The van der Waals surface area contributed by atoms with Crippen molar-refractivity contribution in [3.8, 4) is 61.6 Å². The first-order chi connectivity index (χ1) is 60.6. The Morgan fingerprint density at radius 3 is 0.856 bits per heavy atom. The van der Waals surface area contributed by atoms with E-state index in [0.29, 0.717) is 0 Å². The number of rotatable bonds is 12. The minimum Gasteiger partial charge on any atom is -0.310 e. The van der Waals surface area contributed by atoms with Crippen LogP contribution in [-0.4, -0.2) is 20.4 Å². The summed E-state index contributed by atoms with van der Waals surface area (Å²) in [5.41, 5.74) is 36.8. The molecule has 0 saturated heterocycles. The highest BCUT2D eigenvalue weighted by molar-refractivity contribution is 7.00. The van der Waals surface area contributed by atoms with E-state index in [0.717, 1.165) is 151 Å². The molecule has 0 fully saturated rings. The lowest BCUT2D eigenvalue weighted by molar-refractivity contribution is 0.590. The van der Waals surface area contributed by atoms with Crippen LogP contribution in [0.1, 0.15) is 105 Å². The third kappa shape index (κ3) is 12.7. The molecule has 0 atom stereocenters. The van der Waals surface area contributed by atoms with Gasteiger partial charge in [-0.15, -0.1) is 0 Å². The van der Waals surface area contributed by atoms with E-state index in [2.05, 4.69) is 494 Å². The first kappa shape index (κ1) is 76.7. The molecule has 604 valence electrons. The number of fused-ring (bicyclic) bond motifs is 13. The van der Waals surface area contributed by atoms with Gasteiger partial charge in [-0.2, -0.15) is 0 Å². The van der Waals surface area contributed by atoms with E-state index < -0.39 is 0 Å². The Hall–Kier alpha value is -14.4. The lowest BCUT2D eigenvalue weighted by Gasteiger charge is -2.46. The van der Waals surface area contributed by atoms with Gasteiger partial charge in [-0.25, -0.2) is 0 Å². The van der Waals surface area contributed by atoms with Crippen molar-refractivity contribution in [2.75, 3.05) is 14.7 Å². The molecule has 6 nitrogen and oxygen atoms in total. The van der Waals surface area contributed by atoms with Gasteiger partial charge in [-0.1, -0.05) is 320 Å². The zero-order valence-electron chi connectivity index (χ0n) is 73.1. The monoisotopic (exact) mass is 1610 g/mol. The van der Waals surface area contributed by atoms with E-state index >= 15 is 0 Å². The summed E-state index contributed by atoms with van der Waals surface area (Å²) in [6, 6.07) is 146. The van der Waals surface area contributed by atoms with Crippen molar-refractivity contribution in [3.63, 3.8) is 0 Å². The zero-order valence-corrected chi connectivity index (χ0v) is 73.1. The average molecular weight is 1610 g/mol. The van der Waals surface area contributed by atoms with Crippen molar-refractivity contribution in [3.05, 3.63) is 404 Å². The summed E-state index contributed by atoms with van der Waals surface area (Å²) in [7, 11) is 0. The molecule has 17 aromatic carbocycles. The molecule has 0 bridgehead atoms. The molecule has 3 aromatic heterocycles. The zero-order chi connectivity index (χ0) is 85.1. The fourth-order valence-electron chi connectivity index (χ4n) is 20.2. The lowest BCUT2D eigenvalue weighted by atomic mass is 9.33. The van der Waals surface area contributed by atoms with Crippen LogP contribution in [0.15, 0.2) is 382 Å². The minimum atomic E-state index is -0.347. The number of aromatic nitrogens is 3. The predicted octanol–water partition coefficient (Wildman–Crippen LogP) is 30.4. The molecule has 0 unspecified atom stereocenters. The van der Waals surface area contributed by atoms with Crippen LogP contribution >= 0.6 is 0 Å². The second kappa shape index (κ2) is 29.1. The largest absolute Gasteiger partial charge is 0.310 e.